The maximum Gasteiger partial charge on any atom is 0.241 e. The van der Waals surface area contributed by atoms with Crippen LogP contribution in [-0.4, -0.2) is 41.3 Å². The number of nitrogens with one attached hydrogen (secondary N) is 1. The predicted molar refractivity (Wildman–Crippen MR) is 112 cm³/mol. The lowest BCUT2D eigenvalue weighted by Gasteiger charge is -2.28. The summed E-state index contributed by atoms with van der Waals surface area (Å²) in [6, 6.07) is 12.7. The second-order valence-corrected chi connectivity index (χ2v) is 8.93. The van der Waals surface area contributed by atoms with Crippen molar-refractivity contribution in [1.82, 2.24) is 5.32 Å². The zero-order valence-corrected chi connectivity index (χ0v) is 17.7. The van der Waals surface area contributed by atoms with Crippen molar-refractivity contribution in [2.45, 2.75) is 25.3 Å². The number of ether oxygens (including phenoxy) is 2. The number of anilines is 1. The Balaban J connectivity index is 1.85. The fourth-order valence-corrected chi connectivity index (χ4v) is 4.50. The lowest BCUT2D eigenvalue weighted by molar-refractivity contribution is -0.120. The number of carbonyl (C=O) groups excluding carboxylic acids is 1. The third kappa shape index (κ3) is 4.82. The van der Waals surface area contributed by atoms with E-state index in [9.17, 15) is 13.2 Å². The highest BCUT2D eigenvalue weighted by Crippen LogP contribution is 2.34. The number of nitrogens with zero attached hydrogens (tertiary/aromatic N) is 1. The Morgan fingerprint density at radius 2 is 1.93 bits per heavy atom. The monoisotopic (exact) mass is 418 g/mol. The van der Waals surface area contributed by atoms with E-state index in [4.69, 9.17) is 9.47 Å². The van der Waals surface area contributed by atoms with Gasteiger partial charge < -0.3 is 14.8 Å². The highest BCUT2D eigenvalue weighted by Gasteiger charge is 2.27. The number of hydrogen-bond donors (Lipinski definition) is 1. The first-order valence-corrected chi connectivity index (χ1v) is 11.2. The van der Waals surface area contributed by atoms with Gasteiger partial charge in [-0.15, -0.1) is 0 Å². The van der Waals surface area contributed by atoms with E-state index < -0.39 is 10.0 Å². The average molecular weight is 419 g/mol. The highest BCUT2D eigenvalue weighted by molar-refractivity contribution is 7.92. The summed E-state index contributed by atoms with van der Waals surface area (Å²) in [5, 5.41) is 3.00. The number of methoxy groups -OCH3 is 2. The first kappa shape index (κ1) is 21.0. The molecular weight excluding hydrogens is 392 g/mol. The van der Waals surface area contributed by atoms with Gasteiger partial charge in [0, 0.05) is 6.07 Å². The van der Waals surface area contributed by atoms with Crippen LogP contribution in [0.2, 0.25) is 0 Å². The molecule has 0 bridgehead atoms. The predicted octanol–water partition coefficient (Wildman–Crippen LogP) is 2.66. The van der Waals surface area contributed by atoms with Crippen LogP contribution in [0.1, 0.15) is 30.0 Å². The lowest BCUT2D eigenvalue weighted by atomic mass is 9.88. The van der Waals surface area contributed by atoms with Crippen LogP contribution in [0.25, 0.3) is 0 Å². The topological polar surface area (TPSA) is 84.9 Å². The smallest absolute Gasteiger partial charge is 0.241 e. The van der Waals surface area contributed by atoms with Crippen LogP contribution >= 0.6 is 0 Å². The number of hydrogen-bond acceptors (Lipinski definition) is 5. The first-order chi connectivity index (χ1) is 13.8. The van der Waals surface area contributed by atoms with Gasteiger partial charge in [0.25, 0.3) is 0 Å². The summed E-state index contributed by atoms with van der Waals surface area (Å²) in [7, 11) is -0.796. The van der Waals surface area contributed by atoms with Gasteiger partial charge in [-0.2, -0.15) is 0 Å². The van der Waals surface area contributed by atoms with Gasteiger partial charge in [-0.05, 0) is 42.5 Å². The normalized spacial score (nSPS) is 15.9. The number of carbonyl (C=O) groups is 1. The third-order valence-corrected chi connectivity index (χ3v) is 6.17. The Morgan fingerprint density at radius 1 is 1.17 bits per heavy atom. The largest absolute Gasteiger partial charge is 0.497 e. The molecular formula is C21H26N2O5S. The summed E-state index contributed by atoms with van der Waals surface area (Å²) >= 11 is 0. The van der Waals surface area contributed by atoms with Crippen LogP contribution in [0, 0.1) is 0 Å². The van der Waals surface area contributed by atoms with E-state index in [-0.39, 0.29) is 24.2 Å². The Kier molecular flexibility index (Phi) is 6.32. The molecule has 1 N–H and O–H groups in total. The molecule has 8 heteroatoms. The zero-order chi connectivity index (χ0) is 21.0. The number of amides is 1. The van der Waals surface area contributed by atoms with E-state index in [1.165, 1.54) is 19.8 Å². The van der Waals surface area contributed by atoms with Gasteiger partial charge in [0.1, 0.15) is 18.0 Å². The molecule has 0 heterocycles. The Bertz CT molecular complexity index is 990. The Labute approximate surface area is 171 Å². The highest BCUT2D eigenvalue weighted by atomic mass is 32.2. The minimum Gasteiger partial charge on any atom is -0.497 e. The molecule has 0 aromatic heterocycles. The van der Waals surface area contributed by atoms with E-state index >= 15 is 0 Å². The molecule has 0 saturated heterocycles. The van der Waals surface area contributed by atoms with Gasteiger partial charge in [-0.25, -0.2) is 8.42 Å². The van der Waals surface area contributed by atoms with Crippen molar-refractivity contribution in [3.05, 3.63) is 53.6 Å². The summed E-state index contributed by atoms with van der Waals surface area (Å²) in [6.07, 6.45) is 3.85. The summed E-state index contributed by atoms with van der Waals surface area (Å²) < 4.78 is 36.5. The standard InChI is InChI=1S/C21H26N2O5S/c1-27-16-11-12-20(28-2)19(13-16)23(29(3,25)26)14-21(24)22-18-10-6-8-15-7-4-5-9-17(15)18/h4-5,7,9,11-13,18H,6,8,10,14H2,1-3H3,(H,22,24). The molecule has 0 saturated carbocycles. The number of aryl methyl sites for hydroxylation is 1. The number of fused-ring (bicyclic) bond motifs is 1. The van der Waals surface area contributed by atoms with Crippen molar-refractivity contribution in [3.8, 4) is 11.5 Å². The molecule has 1 aliphatic rings. The number of benzene rings is 2. The van der Waals surface area contributed by atoms with Crippen LogP contribution in [0.5, 0.6) is 11.5 Å². The molecule has 156 valence electrons. The van der Waals surface area contributed by atoms with E-state index in [1.54, 1.807) is 18.2 Å². The van der Waals surface area contributed by atoms with Crippen molar-refractivity contribution in [2.75, 3.05) is 31.3 Å². The average Bonchev–Trinajstić information content (AvgIpc) is 2.71. The second-order valence-electron chi connectivity index (χ2n) is 7.02. The lowest BCUT2D eigenvalue weighted by Crippen LogP contribution is -2.42. The van der Waals surface area contributed by atoms with Gasteiger partial charge in [0.05, 0.1) is 32.2 Å². The second kappa shape index (κ2) is 8.73. The number of sulfonamides is 1. The quantitative estimate of drug-likeness (QED) is 0.747. The van der Waals surface area contributed by atoms with Crippen molar-refractivity contribution in [3.63, 3.8) is 0 Å². The van der Waals surface area contributed by atoms with E-state index in [0.29, 0.717) is 11.5 Å². The molecule has 0 fully saturated rings. The molecule has 1 unspecified atom stereocenters. The van der Waals surface area contributed by atoms with Crippen LogP contribution in [0.4, 0.5) is 5.69 Å². The van der Waals surface area contributed by atoms with Gasteiger partial charge in [0.2, 0.25) is 15.9 Å². The summed E-state index contributed by atoms with van der Waals surface area (Å²) in [5.41, 5.74) is 2.57. The van der Waals surface area contributed by atoms with Gasteiger partial charge in [0.15, 0.2) is 0 Å². The van der Waals surface area contributed by atoms with Crippen LogP contribution in [0.15, 0.2) is 42.5 Å². The molecule has 0 spiro atoms. The van der Waals surface area contributed by atoms with Gasteiger partial charge >= 0.3 is 0 Å². The minimum absolute atomic E-state index is 0.124. The van der Waals surface area contributed by atoms with Crippen LogP contribution in [0.3, 0.4) is 0 Å². The molecule has 2 aromatic carbocycles. The molecule has 29 heavy (non-hydrogen) atoms. The first-order valence-electron chi connectivity index (χ1n) is 9.40. The van der Waals surface area contributed by atoms with Crippen LogP contribution < -0.4 is 19.1 Å². The van der Waals surface area contributed by atoms with Crippen molar-refractivity contribution in [1.29, 1.82) is 0 Å². The van der Waals surface area contributed by atoms with E-state index in [1.807, 2.05) is 18.2 Å². The molecule has 0 aliphatic heterocycles. The van der Waals surface area contributed by atoms with E-state index in [2.05, 4.69) is 11.4 Å². The zero-order valence-electron chi connectivity index (χ0n) is 16.8. The maximum absolute atomic E-state index is 12.8. The van der Waals surface area contributed by atoms with Crippen molar-refractivity contribution >= 4 is 21.6 Å². The fraction of sp³-hybridized carbons (Fsp3) is 0.381. The molecule has 1 aliphatic carbocycles. The third-order valence-electron chi connectivity index (χ3n) is 5.05. The Hall–Kier alpha value is -2.74. The SMILES string of the molecule is COc1ccc(OC)c(N(CC(=O)NC2CCCc3ccccc32)S(C)(=O)=O)c1. The molecule has 0 radical (unpaired) electrons. The molecule has 7 nitrogen and oxygen atoms in total. The van der Waals surface area contributed by atoms with Gasteiger partial charge in [-0.3, -0.25) is 9.10 Å². The molecule has 2 aromatic rings. The summed E-state index contributed by atoms with van der Waals surface area (Å²) in [6.45, 7) is -0.346. The Morgan fingerprint density at radius 3 is 2.62 bits per heavy atom. The molecule has 3 rings (SSSR count). The maximum atomic E-state index is 12.8. The number of rotatable bonds is 7. The summed E-state index contributed by atoms with van der Waals surface area (Å²) in [5.74, 6) is 0.435. The van der Waals surface area contributed by atoms with Crippen molar-refractivity contribution in [2.24, 2.45) is 0 Å². The minimum atomic E-state index is -3.73. The van der Waals surface area contributed by atoms with E-state index in [0.717, 1.165) is 35.4 Å². The summed E-state index contributed by atoms with van der Waals surface area (Å²) in [4.78, 5) is 12.8. The van der Waals surface area contributed by atoms with Crippen LogP contribution in [-0.2, 0) is 21.2 Å². The molecule has 1 amide bonds. The fourth-order valence-electron chi connectivity index (χ4n) is 3.65. The van der Waals surface area contributed by atoms with Crippen molar-refractivity contribution < 1.29 is 22.7 Å². The van der Waals surface area contributed by atoms with Gasteiger partial charge in [-0.1, -0.05) is 24.3 Å². The molecule has 1 atom stereocenters.